The lowest BCUT2D eigenvalue weighted by Crippen LogP contribution is -2.22. The van der Waals surface area contributed by atoms with Gasteiger partial charge in [-0.15, -0.1) is 0 Å². The topological polar surface area (TPSA) is 34.1 Å². The quantitative estimate of drug-likeness (QED) is 0.878. The lowest BCUT2D eigenvalue weighted by Gasteiger charge is -2.18. The third-order valence-electron chi connectivity index (χ3n) is 2.96. The molecule has 3 nitrogen and oxygen atoms in total. The Hall–Kier alpha value is -1.58. The lowest BCUT2D eigenvalue weighted by atomic mass is 10.0. The van der Waals surface area contributed by atoms with Crippen molar-refractivity contribution in [2.24, 2.45) is 0 Å². The van der Waals surface area contributed by atoms with Crippen molar-refractivity contribution in [3.8, 4) is 5.75 Å². The molecule has 0 aliphatic carbocycles. The summed E-state index contributed by atoms with van der Waals surface area (Å²) in [7, 11) is 0. The molecule has 1 atom stereocenters. The third kappa shape index (κ3) is 3.71. The van der Waals surface area contributed by atoms with E-state index in [1.54, 1.807) is 6.20 Å². The van der Waals surface area contributed by atoms with Gasteiger partial charge in [0.15, 0.2) is 0 Å². The Bertz CT molecular complexity index is 542. The Morgan fingerprint density at radius 2 is 2.10 bits per heavy atom. The van der Waals surface area contributed by atoms with E-state index in [1.165, 1.54) is 0 Å². The maximum atomic E-state index is 5.90. The van der Waals surface area contributed by atoms with Gasteiger partial charge >= 0.3 is 0 Å². The van der Waals surface area contributed by atoms with Crippen LogP contribution in [0.4, 0.5) is 0 Å². The van der Waals surface area contributed by atoms with Crippen LogP contribution in [0.2, 0.25) is 5.02 Å². The molecule has 0 amide bonds. The minimum Gasteiger partial charge on any atom is -0.494 e. The summed E-state index contributed by atoms with van der Waals surface area (Å²) in [5, 5.41) is 4.09. The zero-order valence-corrected chi connectivity index (χ0v) is 12.5. The van der Waals surface area contributed by atoms with Gasteiger partial charge in [0.05, 0.1) is 23.4 Å². The average Bonchev–Trinajstić information content (AvgIpc) is 2.47. The van der Waals surface area contributed by atoms with Crippen molar-refractivity contribution in [2.45, 2.75) is 19.9 Å². The summed E-state index contributed by atoms with van der Waals surface area (Å²) in [4.78, 5) is 4.41. The van der Waals surface area contributed by atoms with Gasteiger partial charge in [-0.2, -0.15) is 0 Å². The van der Waals surface area contributed by atoms with Crippen molar-refractivity contribution in [3.05, 3.63) is 58.9 Å². The molecule has 2 aromatic rings. The van der Waals surface area contributed by atoms with Gasteiger partial charge in [-0.3, -0.25) is 4.98 Å². The monoisotopic (exact) mass is 290 g/mol. The fraction of sp³-hybridized carbons (Fsp3) is 0.312. The largest absolute Gasteiger partial charge is 0.494 e. The molecule has 1 aromatic carbocycles. The molecule has 4 heteroatoms. The highest BCUT2D eigenvalue weighted by Gasteiger charge is 2.14. The van der Waals surface area contributed by atoms with Crippen LogP contribution in [0.5, 0.6) is 5.75 Å². The van der Waals surface area contributed by atoms with Gasteiger partial charge in [0.25, 0.3) is 0 Å². The van der Waals surface area contributed by atoms with Crippen molar-refractivity contribution >= 4 is 11.6 Å². The van der Waals surface area contributed by atoms with Crippen LogP contribution >= 0.6 is 11.6 Å². The van der Waals surface area contributed by atoms with Gasteiger partial charge < -0.3 is 10.1 Å². The number of halogens is 1. The van der Waals surface area contributed by atoms with Crippen LogP contribution in [0.1, 0.15) is 31.1 Å². The molecular formula is C16H19ClN2O. The molecule has 1 aromatic heterocycles. The van der Waals surface area contributed by atoms with Crippen molar-refractivity contribution in [1.82, 2.24) is 10.3 Å². The van der Waals surface area contributed by atoms with E-state index in [4.69, 9.17) is 16.3 Å². The molecule has 0 saturated carbocycles. The highest BCUT2D eigenvalue weighted by molar-refractivity contribution is 6.30. The van der Waals surface area contributed by atoms with Crippen LogP contribution in [0, 0.1) is 0 Å². The van der Waals surface area contributed by atoms with Gasteiger partial charge in [0.2, 0.25) is 0 Å². The second-order valence-electron chi connectivity index (χ2n) is 4.40. The molecule has 1 unspecified atom stereocenters. The van der Waals surface area contributed by atoms with Gasteiger partial charge in [-0.25, -0.2) is 0 Å². The van der Waals surface area contributed by atoms with Gasteiger partial charge in [0.1, 0.15) is 5.75 Å². The summed E-state index contributed by atoms with van der Waals surface area (Å²) in [5.74, 6) is 0.877. The molecule has 0 saturated heterocycles. The molecule has 1 N–H and O–H groups in total. The van der Waals surface area contributed by atoms with Crippen molar-refractivity contribution in [1.29, 1.82) is 0 Å². The number of pyridine rings is 1. The molecule has 0 aliphatic rings. The number of hydrogen-bond acceptors (Lipinski definition) is 3. The molecule has 0 spiro atoms. The maximum Gasteiger partial charge on any atom is 0.119 e. The zero-order chi connectivity index (χ0) is 14.4. The molecule has 2 rings (SSSR count). The third-order valence-corrected chi connectivity index (χ3v) is 3.18. The van der Waals surface area contributed by atoms with Crippen LogP contribution in [-0.2, 0) is 0 Å². The normalized spacial score (nSPS) is 12.2. The van der Waals surface area contributed by atoms with E-state index < -0.39 is 0 Å². The minimum absolute atomic E-state index is 0.0395. The second kappa shape index (κ2) is 7.27. The van der Waals surface area contributed by atoms with Crippen LogP contribution in [0.15, 0.2) is 42.6 Å². The first-order valence-electron chi connectivity index (χ1n) is 6.82. The van der Waals surface area contributed by atoms with E-state index in [-0.39, 0.29) is 6.04 Å². The van der Waals surface area contributed by atoms with Gasteiger partial charge in [-0.1, -0.05) is 30.7 Å². The van der Waals surface area contributed by atoms with Crippen LogP contribution in [0.3, 0.4) is 0 Å². The van der Waals surface area contributed by atoms with E-state index in [2.05, 4.69) is 23.3 Å². The molecule has 0 bridgehead atoms. The summed E-state index contributed by atoms with van der Waals surface area (Å²) in [6.07, 6.45) is 1.67. The van der Waals surface area contributed by atoms with Crippen LogP contribution < -0.4 is 10.1 Å². The second-order valence-corrected chi connectivity index (χ2v) is 4.83. The summed E-state index contributed by atoms with van der Waals surface area (Å²) in [6, 6.07) is 11.9. The summed E-state index contributed by atoms with van der Waals surface area (Å²) in [6.45, 7) is 5.58. The number of ether oxygens (including phenoxy) is 1. The molecule has 1 heterocycles. The minimum atomic E-state index is 0.0395. The predicted octanol–water partition coefficient (Wildman–Crippen LogP) is 3.83. The number of nitrogens with zero attached hydrogens (tertiary/aromatic N) is 1. The average molecular weight is 291 g/mol. The lowest BCUT2D eigenvalue weighted by molar-refractivity contribution is 0.339. The Balaban J connectivity index is 2.32. The number of rotatable bonds is 6. The highest BCUT2D eigenvalue weighted by Crippen LogP contribution is 2.24. The Morgan fingerprint density at radius 1 is 1.25 bits per heavy atom. The molecule has 0 radical (unpaired) electrons. The Kier molecular flexibility index (Phi) is 5.39. The summed E-state index contributed by atoms with van der Waals surface area (Å²) < 4.78 is 5.56. The first kappa shape index (κ1) is 14.8. The fourth-order valence-electron chi connectivity index (χ4n) is 2.11. The standard InChI is InChI=1S/C16H19ClN2O/c1-3-18-16(15-9-8-13(17)11-19-15)12-6-5-7-14(10-12)20-4-2/h5-11,16,18H,3-4H2,1-2H3. The highest BCUT2D eigenvalue weighted by atomic mass is 35.5. The maximum absolute atomic E-state index is 5.90. The SMILES string of the molecule is CCNC(c1cccc(OCC)c1)c1ccc(Cl)cn1. The van der Waals surface area contributed by atoms with Crippen molar-refractivity contribution < 1.29 is 4.74 Å². The fourth-order valence-corrected chi connectivity index (χ4v) is 2.22. The van der Waals surface area contributed by atoms with Crippen LogP contribution in [0.25, 0.3) is 0 Å². The molecule has 0 aliphatic heterocycles. The van der Waals surface area contributed by atoms with E-state index in [9.17, 15) is 0 Å². The molecule has 0 fully saturated rings. The number of hydrogen-bond donors (Lipinski definition) is 1. The first-order valence-corrected chi connectivity index (χ1v) is 7.20. The van der Waals surface area contributed by atoms with E-state index in [0.717, 1.165) is 23.6 Å². The summed E-state index contributed by atoms with van der Waals surface area (Å²) in [5.41, 5.74) is 2.08. The van der Waals surface area contributed by atoms with Gasteiger partial charge in [-0.05, 0) is 43.3 Å². The summed E-state index contributed by atoms with van der Waals surface area (Å²) >= 11 is 5.90. The van der Waals surface area contributed by atoms with Crippen molar-refractivity contribution in [2.75, 3.05) is 13.2 Å². The zero-order valence-electron chi connectivity index (χ0n) is 11.8. The van der Waals surface area contributed by atoms with E-state index >= 15 is 0 Å². The Morgan fingerprint density at radius 3 is 2.75 bits per heavy atom. The number of benzene rings is 1. The molecular weight excluding hydrogens is 272 g/mol. The molecule has 20 heavy (non-hydrogen) atoms. The number of aromatic nitrogens is 1. The molecule has 106 valence electrons. The van der Waals surface area contributed by atoms with E-state index in [1.807, 2.05) is 37.3 Å². The Labute approximate surface area is 124 Å². The first-order chi connectivity index (χ1) is 9.74. The van der Waals surface area contributed by atoms with Crippen molar-refractivity contribution in [3.63, 3.8) is 0 Å². The van der Waals surface area contributed by atoms with Gasteiger partial charge in [0, 0.05) is 6.20 Å². The number of nitrogens with one attached hydrogen (secondary N) is 1. The van der Waals surface area contributed by atoms with Crippen LogP contribution in [-0.4, -0.2) is 18.1 Å². The smallest absolute Gasteiger partial charge is 0.119 e. The predicted molar refractivity (Wildman–Crippen MR) is 82.4 cm³/mol. The van der Waals surface area contributed by atoms with E-state index in [0.29, 0.717) is 11.6 Å².